The number of nitrogens with zero attached hydrogens (tertiary/aromatic N) is 3. The average molecular weight is 435 g/mol. The van der Waals surface area contributed by atoms with Gasteiger partial charge in [-0.15, -0.1) is 0 Å². The highest BCUT2D eigenvalue weighted by atomic mass is 35.5. The number of imidazole rings is 1. The molecule has 0 aliphatic carbocycles. The van der Waals surface area contributed by atoms with Gasteiger partial charge < -0.3 is 14.8 Å². The molecule has 1 N–H and O–H groups in total. The minimum Gasteiger partial charge on any atom is -0.366 e. The number of anilines is 1. The third-order valence-corrected chi connectivity index (χ3v) is 5.84. The lowest BCUT2D eigenvalue weighted by atomic mass is 10.1. The van der Waals surface area contributed by atoms with Crippen LogP contribution in [0.5, 0.6) is 0 Å². The fourth-order valence-electron chi connectivity index (χ4n) is 3.93. The van der Waals surface area contributed by atoms with E-state index in [4.69, 9.17) is 11.6 Å². The Morgan fingerprint density at radius 2 is 1.71 bits per heavy atom. The molecule has 3 aromatic carbocycles. The number of aromatic amines is 1. The highest BCUT2D eigenvalue weighted by Crippen LogP contribution is 2.24. The second kappa shape index (κ2) is 8.04. The van der Waals surface area contributed by atoms with E-state index in [9.17, 15) is 9.18 Å². The first-order valence-electron chi connectivity index (χ1n) is 10.1. The summed E-state index contributed by atoms with van der Waals surface area (Å²) in [6.07, 6.45) is 0. The van der Waals surface area contributed by atoms with Gasteiger partial charge in [0, 0.05) is 42.3 Å². The van der Waals surface area contributed by atoms with Crippen molar-refractivity contribution in [3.8, 4) is 11.4 Å². The van der Waals surface area contributed by atoms with Crippen LogP contribution in [0.25, 0.3) is 22.4 Å². The SMILES string of the molecule is O=C(c1ccc(-c2nc3ccc(Cl)cc3[nH]2)cc1)N1CCN(c2ccccc2F)CC1. The number of H-pyrrole nitrogens is 1. The Bertz CT molecular complexity index is 1250. The minimum absolute atomic E-state index is 0.0175. The smallest absolute Gasteiger partial charge is 0.253 e. The molecule has 1 aliphatic rings. The number of piperazine rings is 1. The van der Waals surface area contributed by atoms with Crippen molar-refractivity contribution in [2.75, 3.05) is 31.1 Å². The van der Waals surface area contributed by atoms with Crippen LogP contribution in [0.1, 0.15) is 10.4 Å². The maximum atomic E-state index is 14.0. The molecule has 1 aromatic heterocycles. The quantitative estimate of drug-likeness (QED) is 0.494. The molecule has 0 saturated carbocycles. The summed E-state index contributed by atoms with van der Waals surface area (Å²) in [5.74, 6) is 0.483. The van der Waals surface area contributed by atoms with Gasteiger partial charge in [0.15, 0.2) is 0 Å². The molecule has 0 atom stereocenters. The van der Waals surface area contributed by atoms with Gasteiger partial charge in [0.1, 0.15) is 11.6 Å². The predicted molar refractivity (Wildman–Crippen MR) is 121 cm³/mol. The summed E-state index contributed by atoms with van der Waals surface area (Å²) in [4.78, 5) is 24.6. The van der Waals surface area contributed by atoms with Gasteiger partial charge in [-0.05, 0) is 42.5 Å². The van der Waals surface area contributed by atoms with E-state index >= 15 is 0 Å². The van der Waals surface area contributed by atoms with Crippen LogP contribution in [-0.4, -0.2) is 47.0 Å². The van der Waals surface area contributed by atoms with Gasteiger partial charge >= 0.3 is 0 Å². The summed E-state index contributed by atoms with van der Waals surface area (Å²) >= 11 is 6.04. The average Bonchev–Trinajstić information content (AvgIpc) is 3.22. The van der Waals surface area contributed by atoms with Gasteiger partial charge in [0.05, 0.1) is 16.7 Å². The normalized spacial score (nSPS) is 14.3. The van der Waals surface area contributed by atoms with Crippen LogP contribution in [0.4, 0.5) is 10.1 Å². The zero-order valence-corrected chi connectivity index (χ0v) is 17.4. The van der Waals surface area contributed by atoms with Gasteiger partial charge in [-0.2, -0.15) is 0 Å². The van der Waals surface area contributed by atoms with E-state index in [2.05, 4.69) is 9.97 Å². The summed E-state index contributed by atoms with van der Waals surface area (Å²) in [5.41, 5.74) is 3.82. The van der Waals surface area contributed by atoms with E-state index < -0.39 is 0 Å². The van der Waals surface area contributed by atoms with Crippen molar-refractivity contribution in [2.24, 2.45) is 0 Å². The van der Waals surface area contributed by atoms with Crippen molar-refractivity contribution in [2.45, 2.75) is 0 Å². The third kappa shape index (κ3) is 3.86. The summed E-state index contributed by atoms with van der Waals surface area (Å²) < 4.78 is 14.0. The number of carbonyl (C=O) groups excluding carboxylic acids is 1. The van der Waals surface area contributed by atoms with Gasteiger partial charge in [-0.25, -0.2) is 9.37 Å². The number of rotatable bonds is 3. The van der Waals surface area contributed by atoms with E-state index in [1.807, 2.05) is 58.3 Å². The van der Waals surface area contributed by atoms with Gasteiger partial charge in [0.25, 0.3) is 5.91 Å². The van der Waals surface area contributed by atoms with Crippen molar-refractivity contribution in [1.29, 1.82) is 0 Å². The highest BCUT2D eigenvalue weighted by molar-refractivity contribution is 6.31. The van der Waals surface area contributed by atoms with Crippen molar-refractivity contribution in [3.05, 3.63) is 83.1 Å². The second-order valence-electron chi connectivity index (χ2n) is 7.55. The Morgan fingerprint density at radius 1 is 0.968 bits per heavy atom. The lowest BCUT2D eigenvalue weighted by Crippen LogP contribution is -2.49. The molecule has 5 rings (SSSR count). The minimum atomic E-state index is -0.231. The number of fused-ring (bicyclic) bond motifs is 1. The van der Waals surface area contributed by atoms with E-state index in [-0.39, 0.29) is 11.7 Å². The summed E-state index contributed by atoms with van der Waals surface area (Å²) in [7, 11) is 0. The molecule has 0 radical (unpaired) electrons. The van der Waals surface area contributed by atoms with Crippen molar-refractivity contribution in [1.82, 2.24) is 14.9 Å². The number of aromatic nitrogens is 2. The van der Waals surface area contributed by atoms with E-state index in [0.717, 1.165) is 22.4 Å². The Kier molecular flexibility index (Phi) is 5.08. The Labute approximate surface area is 184 Å². The second-order valence-corrected chi connectivity index (χ2v) is 7.99. The maximum absolute atomic E-state index is 14.0. The first-order chi connectivity index (χ1) is 15.1. The first kappa shape index (κ1) is 19.6. The fourth-order valence-corrected chi connectivity index (χ4v) is 4.10. The molecule has 4 aromatic rings. The highest BCUT2D eigenvalue weighted by Gasteiger charge is 2.23. The molecule has 5 nitrogen and oxygen atoms in total. The third-order valence-electron chi connectivity index (χ3n) is 5.61. The molecule has 0 unspecified atom stereocenters. The van der Waals surface area contributed by atoms with Crippen LogP contribution in [0.3, 0.4) is 0 Å². The molecule has 7 heteroatoms. The number of carbonyl (C=O) groups is 1. The van der Waals surface area contributed by atoms with Crippen molar-refractivity contribution < 1.29 is 9.18 Å². The summed E-state index contributed by atoms with van der Waals surface area (Å²) in [5, 5.41) is 0.652. The predicted octanol–water partition coefficient (Wildman–Crippen LogP) is 4.98. The largest absolute Gasteiger partial charge is 0.366 e. The van der Waals surface area contributed by atoms with Crippen LogP contribution in [0.2, 0.25) is 5.02 Å². The zero-order chi connectivity index (χ0) is 21.4. The van der Waals surface area contributed by atoms with Crippen LogP contribution in [-0.2, 0) is 0 Å². The Balaban J connectivity index is 1.27. The molecule has 0 spiro atoms. The van der Waals surface area contributed by atoms with Crippen molar-refractivity contribution in [3.63, 3.8) is 0 Å². The molecule has 31 heavy (non-hydrogen) atoms. The number of nitrogens with one attached hydrogen (secondary N) is 1. The van der Waals surface area contributed by atoms with Gasteiger partial charge in [-0.3, -0.25) is 4.79 Å². The van der Waals surface area contributed by atoms with Crippen LogP contribution >= 0.6 is 11.6 Å². The number of benzene rings is 3. The molecule has 0 bridgehead atoms. The van der Waals surface area contributed by atoms with E-state index in [1.165, 1.54) is 6.07 Å². The van der Waals surface area contributed by atoms with Gasteiger partial charge in [0.2, 0.25) is 0 Å². The lowest BCUT2D eigenvalue weighted by Gasteiger charge is -2.36. The standard InChI is InChI=1S/C24H20ClFN4O/c25-18-9-10-20-21(15-18)28-23(27-20)16-5-7-17(8-6-16)24(31)30-13-11-29(12-14-30)22-4-2-1-3-19(22)26/h1-10,15H,11-14H2,(H,27,28). The number of amides is 1. The summed E-state index contributed by atoms with van der Waals surface area (Å²) in [6.45, 7) is 2.32. The number of hydrogen-bond donors (Lipinski definition) is 1. The monoisotopic (exact) mass is 434 g/mol. The molecule has 1 amide bonds. The molecule has 1 saturated heterocycles. The van der Waals surface area contributed by atoms with Crippen LogP contribution in [0, 0.1) is 5.82 Å². The zero-order valence-electron chi connectivity index (χ0n) is 16.7. The lowest BCUT2D eigenvalue weighted by molar-refractivity contribution is 0.0746. The molecule has 156 valence electrons. The van der Waals surface area contributed by atoms with E-state index in [0.29, 0.717) is 42.5 Å². The molecule has 1 aliphatic heterocycles. The molecular weight excluding hydrogens is 415 g/mol. The number of hydrogen-bond acceptors (Lipinski definition) is 3. The Hall–Kier alpha value is -3.38. The first-order valence-corrected chi connectivity index (χ1v) is 10.5. The fraction of sp³-hybridized carbons (Fsp3) is 0.167. The molecule has 2 heterocycles. The number of para-hydroxylation sites is 1. The molecule has 1 fully saturated rings. The van der Waals surface area contributed by atoms with Crippen LogP contribution < -0.4 is 4.90 Å². The van der Waals surface area contributed by atoms with Gasteiger partial charge in [-0.1, -0.05) is 35.9 Å². The topological polar surface area (TPSA) is 52.2 Å². The summed E-state index contributed by atoms with van der Waals surface area (Å²) in [6, 6.07) is 19.7. The van der Waals surface area contributed by atoms with E-state index in [1.54, 1.807) is 12.1 Å². The maximum Gasteiger partial charge on any atom is 0.253 e. The molecular formula is C24H20ClFN4O. The van der Waals surface area contributed by atoms with Crippen molar-refractivity contribution >= 4 is 34.2 Å². The van der Waals surface area contributed by atoms with Crippen LogP contribution in [0.15, 0.2) is 66.7 Å². The number of halogens is 2. The Morgan fingerprint density at radius 3 is 2.45 bits per heavy atom.